The van der Waals surface area contributed by atoms with E-state index in [0.717, 1.165) is 11.4 Å². The number of methoxy groups -OCH3 is 2. The molecule has 0 saturated carbocycles. The molecule has 0 aliphatic carbocycles. The Morgan fingerprint density at radius 2 is 2.06 bits per heavy atom. The van der Waals surface area contributed by atoms with Crippen molar-refractivity contribution < 1.29 is 9.47 Å². The van der Waals surface area contributed by atoms with Gasteiger partial charge in [-0.15, -0.1) is 0 Å². The molecule has 0 aliphatic heterocycles. The lowest BCUT2D eigenvalue weighted by molar-refractivity contribution is 0.404. The highest BCUT2D eigenvalue weighted by molar-refractivity contribution is 6.32. The third kappa shape index (κ3) is 2.68. The van der Waals surface area contributed by atoms with Crippen LogP contribution < -0.4 is 14.8 Å². The number of benzene rings is 1. The predicted molar refractivity (Wildman–Crippen MR) is 70.5 cm³/mol. The number of aromatic nitrogens is 2. The van der Waals surface area contributed by atoms with Crippen molar-refractivity contribution in [3.63, 3.8) is 0 Å². The second-order valence-electron chi connectivity index (χ2n) is 3.62. The number of anilines is 1. The Bertz CT molecular complexity index is 514. The average molecular weight is 268 g/mol. The largest absolute Gasteiger partial charge is 0.495 e. The number of ether oxygens (including phenoxy) is 2. The molecule has 0 radical (unpaired) electrons. The Balaban J connectivity index is 2.19. The molecule has 2 rings (SSSR count). The Labute approximate surface area is 110 Å². The number of nitrogens with zero attached hydrogens (tertiary/aromatic N) is 1. The van der Waals surface area contributed by atoms with Crippen molar-refractivity contribution >= 4 is 17.3 Å². The first-order valence-electron chi connectivity index (χ1n) is 5.38. The smallest absolute Gasteiger partial charge is 0.143 e. The first kappa shape index (κ1) is 12.6. The molecule has 2 N–H and O–H groups in total. The van der Waals surface area contributed by atoms with Gasteiger partial charge in [0, 0.05) is 18.3 Å². The summed E-state index contributed by atoms with van der Waals surface area (Å²) in [4.78, 5) is 0. The SMILES string of the molecule is COc1cc(NCc2ccn[nH]2)c(OC)cc1Cl. The van der Waals surface area contributed by atoms with Crippen LogP contribution >= 0.6 is 11.6 Å². The lowest BCUT2D eigenvalue weighted by Crippen LogP contribution is -2.02. The fourth-order valence-electron chi connectivity index (χ4n) is 1.57. The summed E-state index contributed by atoms with van der Waals surface area (Å²) in [7, 11) is 3.17. The van der Waals surface area contributed by atoms with Gasteiger partial charge in [-0.2, -0.15) is 5.10 Å². The van der Waals surface area contributed by atoms with Crippen molar-refractivity contribution in [1.82, 2.24) is 10.2 Å². The number of nitrogens with one attached hydrogen (secondary N) is 2. The Kier molecular flexibility index (Phi) is 3.94. The molecule has 0 atom stereocenters. The minimum atomic E-state index is 0.515. The maximum absolute atomic E-state index is 6.03. The van der Waals surface area contributed by atoms with Gasteiger partial charge in [0.1, 0.15) is 11.5 Å². The zero-order valence-electron chi connectivity index (χ0n) is 10.2. The Morgan fingerprint density at radius 1 is 1.28 bits per heavy atom. The highest BCUT2D eigenvalue weighted by Crippen LogP contribution is 2.35. The number of rotatable bonds is 5. The fourth-order valence-corrected chi connectivity index (χ4v) is 1.80. The first-order valence-corrected chi connectivity index (χ1v) is 5.76. The summed E-state index contributed by atoms with van der Waals surface area (Å²) < 4.78 is 10.4. The van der Waals surface area contributed by atoms with Gasteiger partial charge in [0.25, 0.3) is 0 Å². The van der Waals surface area contributed by atoms with Crippen molar-refractivity contribution in [2.24, 2.45) is 0 Å². The lowest BCUT2D eigenvalue weighted by Gasteiger charge is -2.13. The van der Waals surface area contributed by atoms with Crippen LogP contribution in [0, 0.1) is 0 Å². The molecule has 0 aliphatic rings. The van der Waals surface area contributed by atoms with Crippen LogP contribution in [-0.4, -0.2) is 24.4 Å². The van der Waals surface area contributed by atoms with Crippen molar-refractivity contribution in [3.05, 3.63) is 35.1 Å². The Morgan fingerprint density at radius 3 is 2.67 bits per heavy atom. The topological polar surface area (TPSA) is 59.2 Å². The molecule has 0 spiro atoms. The van der Waals surface area contributed by atoms with E-state index in [1.54, 1.807) is 32.5 Å². The van der Waals surface area contributed by atoms with Gasteiger partial charge in [-0.25, -0.2) is 0 Å². The molecule has 0 unspecified atom stereocenters. The molecule has 18 heavy (non-hydrogen) atoms. The number of hydrogen-bond donors (Lipinski definition) is 2. The van der Waals surface area contributed by atoms with Crippen molar-refractivity contribution in [3.8, 4) is 11.5 Å². The fraction of sp³-hybridized carbons (Fsp3) is 0.250. The van der Waals surface area contributed by atoms with Gasteiger partial charge in [0.05, 0.1) is 37.2 Å². The van der Waals surface area contributed by atoms with Crippen molar-refractivity contribution in [2.75, 3.05) is 19.5 Å². The second-order valence-corrected chi connectivity index (χ2v) is 4.03. The molecular formula is C12H14ClN3O2. The number of hydrogen-bond acceptors (Lipinski definition) is 4. The Hall–Kier alpha value is -1.88. The molecule has 96 valence electrons. The second kappa shape index (κ2) is 5.64. The molecule has 1 heterocycles. The highest BCUT2D eigenvalue weighted by atomic mass is 35.5. The minimum absolute atomic E-state index is 0.515. The molecular weight excluding hydrogens is 254 g/mol. The van der Waals surface area contributed by atoms with Crippen LogP contribution in [0.25, 0.3) is 0 Å². The summed E-state index contributed by atoms with van der Waals surface area (Å²) in [6.07, 6.45) is 1.71. The quantitative estimate of drug-likeness (QED) is 0.874. The van der Waals surface area contributed by atoms with Crippen LogP contribution in [0.4, 0.5) is 5.69 Å². The van der Waals surface area contributed by atoms with Gasteiger partial charge in [-0.05, 0) is 6.07 Å². The van der Waals surface area contributed by atoms with E-state index >= 15 is 0 Å². The van der Waals surface area contributed by atoms with E-state index in [2.05, 4.69) is 15.5 Å². The summed E-state index contributed by atoms with van der Waals surface area (Å²) in [6.45, 7) is 0.612. The van der Waals surface area contributed by atoms with Crippen molar-refractivity contribution in [2.45, 2.75) is 6.54 Å². The van der Waals surface area contributed by atoms with Crippen molar-refractivity contribution in [1.29, 1.82) is 0 Å². The van der Waals surface area contributed by atoms with Crippen LogP contribution in [0.2, 0.25) is 5.02 Å². The third-order valence-electron chi connectivity index (χ3n) is 2.50. The van der Waals surface area contributed by atoms with E-state index in [9.17, 15) is 0 Å². The van der Waals surface area contributed by atoms with Crippen LogP contribution in [0.1, 0.15) is 5.69 Å². The predicted octanol–water partition coefficient (Wildman–Crippen LogP) is 2.69. The van der Waals surface area contributed by atoms with Crippen LogP contribution in [0.5, 0.6) is 11.5 Å². The van der Waals surface area contributed by atoms with E-state index in [-0.39, 0.29) is 0 Å². The van der Waals surface area contributed by atoms with E-state index in [4.69, 9.17) is 21.1 Å². The lowest BCUT2D eigenvalue weighted by atomic mass is 10.2. The molecule has 1 aromatic heterocycles. The summed E-state index contributed by atoms with van der Waals surface area (Å²) >= 11 is 6.03. The molecule has 0 bridgehead atoms. The summed E-state index contributed by atoms with van der Waals surface area (Å²) in [6, 6.07) is 5.42. The van der Waals surface area contributed by atoms with Crippen LogP contribution in [0.3, 0.4) is 0 Å². The number of H-pyrrole nitrogens is 1. The maximum Gasteiger partial charge on any atom is 0.143 e. The molecule has 6 heteroatoms. The summed E-state index contributed by atoms with van der Waals surface area (Å²) in [5.74, 6) is 1.27. The minimum Gasteiger partial charge on any atom is -0.495 e. The van der Waals surface area contributed by atoms with Gasteiger partial charge in [-0.3, -0.25) is 5.10 Å². The van der Waals surface area contributed by atoms with Crippen LogP contribution in [-0.2, 0) is 6.54 Å². The molecule has 0 fully saturated rings. The molecule has 2 aromatic rings. The van der Waals surface area contributed by atoms with E-state index in [1.165, 1.54) is 0 Å². The van der Waals surface area contributed by atoms with Crippen LogP contribution in [0.15, 0.2) is 24.4 Å². The standard InChI is InChI=1S/C12H14ClN3O2/c1-17-11-6-10(12(18-2)5-9(11)13)14-7-8-3-4-15-16-8/h3-6,14H,7H2,1-2H3,(H,15,16). The highest BCUT2D eigenvalue weighted by Gasteiger charge is 2.09. The molecule has 0 saturated heterocycles. The van der Waals surface area contributed by atoms with Gasteiger partial charge in [0.2, 0.25) is 0 Å². The number of halogens is 1. The summed E-state index contributed by atoms with van der Waals surface area (Å²) in [5.41, 5.74) is 1.79. The van der Waals surface area contributed by atoms with E-state index < -0.39 is 0 Å². The zero-order chi connectivity index (χ0) is 13.0. The van der Waals surface area contributed by atoms with Gasteiger partial charge in [-0.1, -0.05) is 11.6 Å². The van der Waals surface area contributed by atoms with Gasteiger partial charge in [0.15, 0.2) is 0 Å². The monoisotopic (exact) mass is 267 g/mol. The van der Waals surface area contributed by atoms with E-state index in [1.807, 2.05) is 6.07 Å². The normalized spacial score (nSPS) is 10.2. The van der Waals surface area contributed by atoms with Gasteiger partial charge < -0.3 is 14.8 Å². The average Bonchev–Trinajstić information content (AvgIpc) is 2.90. The summed E-state index contributed by atoms with van der Waals surface area (Å²) in [5, 5.41) is 10.5. The molecule has 0 amide bonds. The first-order chi connectivity index (χ1) is 8.74. The van der Waals surface area contributed by atoms with E-state index in [0.29, 0.717) is 23.1 Å². The maximum atomic E-state index is 6.03. The third-order valence-corrected chi connectivity index (χ3v) is 2.80. The van der Waals surface area contributed by atoms with Gasteiger partial charge >= 0.3 is 0 Å². The zero-order valence-corrected chi connectivity index (χ0v) is 10.9. The molecule has 5 nitrogen and oxygen atoms in total. The number of aromatic amines is 1. The molecule has 1 aromatic carbocycles.